The van der Waals surface area contributed by atoms with Crippen LogP contribution in [0.4, 0.5) is 0 Å². The highest BCUT2D eigenvalue weighted by Gasteiger charge is 2.35. The Morgan fingerprint density at radius 1 is 0.873 bits per heavy atom. The number of hydrogen-bond donors (Lipinski definition) is 2. The molecule has 0 saturated carbocycles. The highest BCUT2D eigenvalue weighted by molar-refractivity contribution is 6.42. The minimum absolute atomic E-state index is 0.0222. The maximum absolute atomic E-state index is 14.3. The molecule has 2 N–H and O–H groups in total. The van der Waals surface area contributed by atoms with E-state index >= 15 is 0 Å². The van der Waals surface area contributed by atoms with Gasteiger partial charge in [0.1, 0.15) is 23.6 Å². The molecule has 0 aliphatic carbocycles. The van der Waals surface area contributed by atoms with E-state index in [0.717, 1.165) is 81.1 Å². The Morgan fingerprint density at radius 2 is 1.70 bits per heavy atom. The third-order valence-corrected chi connectivity index (χ3v) is 13.5. The first-order chi connectivity index (χ1) is 30.4. The third kappa shape index (κ3) is 10.2. The summed E-state index contributed by atoms with van der Waals surface area (Å²) in [6, 6.07) is 29.7. The Balaban J connectivity index is 0.991. The zero-order valence-corrected chi connectivity index (χ0v) is 37.7. The van der Waals surface area contributed by atoms with Gasteiger partial charge in [-0.25, -0.2) is 4.79 Å². The smallest absolute Gasteiger partial charge is 0.326 e. The molecule has 8 rings (SSSR count). The van der Waals surface area contributed by atoms with E-state index < -0.39 is 18.1 Å². The summed E-state index contributed by atoms with van der Waals surface area (Å²) in [5, 5.41) is 14.7. The number of rotatable bonds is 13. The molecule has 9 nitrogen and oxygen atoms in total. The summed E-state index contributed by atoms with van der Waals surface area (Å²) in [5.41, 5.74) is 10.7. The number of nitrogens with zero attached hydrogens (tertiary/aromatic N) is 3. The van der Waals surface area contributed by atoms with Crippen molar-refractivity contribution in [1.82, 2.24) is 20.2 Å². The van der Waals surface area contributed by atoms with E-state index in [0.29, 0.717) is 46.7 Å². The first kappa shape index (κ1) is 44.2. The number of amides is 1. The van der Waals surface area contributed by atoms with Gasteiger partial charge in [-0.05, 0) is 150 Å². The molecule has 0 bridgehead atoms. The van der Waals surface area contributed by atoms with Crippen molar-refractivity contribution in [2.45, 2.75) is 90.1 Å². The van der Waals surface area contributed by atoms with E-state index in [4.69, 9.17) is 44.3 Å². The number of aliphatic carboxylic acids is 1. The van der Waals surface area contributed by atoms with Gasteiger partial charge in [0.25, 0.3) is 0 Å². The average molecular weight is 904 g/mol. The van der Waals surface area contributed by atoms with Crippen molar-refractivity contribution < 1.29 is 24.2 Å². The molecule has 12 heteroatoms. The van der Waals surface area contributed by atoms with Gasteiger partial charge < -0.3 is 19.9 Å². The number of carboxylic acids is 1. The van der Waals surface area contributed by atoms with Crippen molar-refractivity contribution >= 4 is 46.7 Å². The van der Waals surface area contributed by atoms with Crippen LogP contribution in [0.2, 0.25) is 15.1 Å². The van der Waals surface area contributed by atoms with Crippen molar-refractivity contribution in [1.29, 1.82) is 0 Å². The van der Waals surface area contributed by atoms with E-state index in [1.54, 1.807) is 18.5 Å². The maximum atomic E-state index is 14.3. The van der Waals surface area contributed by atoms with Crippen molar-refractivity contribution in [3.05, 3.63) is 175 Å². The molecule has 0 fully saturated rings. The normalized spacial score (nSPS) is 17.0. The van der Waals surface area contributed by atoms with Gasteiger partial charge in [-0.3, -0.25) is 19.7 Å². The number of ether oxygens (including phenoxy) is 2. The van der Waals surface area contributed by atoms with Crippen molar-refractivity contribution in [3.8, 4) is 22.6 Å². The zero-order valence-electron chi connectivity index (χ0n) is 35.4. The first-order valence-corrected chi connectivity index (χ1v) is 22.4. The highest BCUT2D eigenvalue weighted by atomic mass is 35.5. The molecule has 1 amide bonds. The molecule has 0 saturated heterocycles. The predicted molar refractivity (Wildman–Crippen MR) is 248 cm³/mol. The Bertz CT molecular complexity index is 2630. The van der Waals surface area contributed by atoms with Crippen LogP contribution >= 0.6 is 34.8 Å². The van der Waals surface area contributed by atoms with Gasteiger partial charge in [-0.1, -0.05) is 84.2 Å². The molecule has 2 aliphatic heterocycles. The van der Waals surface area contributed by atoms with Gasteiger partial charge in [0.2, 0.25) is 5.91 Å². The number of fused-ring (bicyclic) bond motifs is 2. The van der Waals surface area contributed by atoms with Crippen molar-refractivity contribution in [3.63, 3.8) is 0 Å². The van der Waals surface area contributed by atoms with Crippen LogP contribution < -0.4 is 14.8 Å². The fraction of sp³-hybridized carbons (Fsp3) is 0.294. The highest BCUT2D eigenvalue weighted by Crippen LogP contribution is 2.38. The van der Waals surface area contributed by atoms with Gasteiger partial charge in [0.05, 0.1) is 28.4 Å². The minimum Gasteiger partial charge on any atom is -0.493 e. The molecule has 2 unspecified atom stereocenters. The van der Waals surface area contributed by atoms with Crippen LogP contribution in [0.5, 0.6) is 11.5 Å². The molecule has 4 atom stereocenters. The lowest BCUT2D eigenvalue weighted by atomic mass is 9.86. The van der Waals surface area contributed by atoms with Crippen LogP contribution in [-0.4, -0.2) is 50.5 Å². The number of carbonyl (C=O) groups excluding carboxylic acids is 1. The number of pyridine rings is 2. The number of halogens is 3. The lowest BCUT2D eigenvalue weighted by molar-refractivity contribution is -0.142. The molecule has 0 spiro atoms. The molecule has 2 aliphatic rings. The minimum atomic E-state index is -1.20. The number of benzene rings is 4. The number of carbonyl (C=O) groups is 2. The Hall–Kier alpha value is -5.45. The van der Waals surface area contributed by atoms with Crippen LogP contribution in [0.15, 0.2) is 109 Å². The summed E-state index contributed by atoms with van der Waals surface area (Å²) in [7, 11) is 0. The van der Waals surface area contributed by atoms with E-state index in [9.17, 15) is 14.7 Å². The van der Waals surface area contributed by atoms with Crippen LogP contribution in [0.25, 0.3) is 11.1 Å². The van der Waals surface area contributed by atoms with Crippen LogP contribution in [0.1, 0.15) is 82.1 Å². The number of carboxylic acid groups (broad SMARTS) is 1. The molecule has 2 aromatic heterocycles. The summed E-state index contributed by atoms with van der Waals surface area (Å²) >= 11 is 19.2. The SMILES string of the molecule is CCC(Oc1ccc(C2CCOc3cc4c(cc3C2)CN(Cc2ccccn2)[C@H](C(=O)N[C@@H](Cc2ccc(-c3ccnc(C)c3C)cc2Cl)C(=O)O)C4)cc1)c1ccc(Cl)c(Cl)c1. The van der Waals surface area contributed by atoms with E-state index in [1.165, 1.54) is 5.56 Å². The van der Waals surface area contributed by atoms with Crippen molar-refractivity contribution in [2.75, 3.05) is 6.61 Å². The second-order valence-electron chi connectivity index (χ2n) is 16.4. The third-order valence-electron chi connectivity index (χ3n) is 12.4. The Kier molecular flexibility index (Phi) is 13.7. The van der Waals surface area contributed by atoms with E-state index in [1.807, 2.05) is 80.6 Å². The molecule has 324 valence electrons. The standard InChI is InChI=1S/C51H49Cl3N4O5/c1-4-48(36-12-15-43(52)45(54)24-36)63-41-13-10-32(11-14-41)33-17-20-62-49-27-37-26-47(58(28-39(37)22-38(49)21-33)29-40-7-5-6-18-56-40)50(59)57-46(51(60)61)25-35-9-8-34(23-44(35)53)42-16-19-55-31(3)30(42)2/h5-16,18-19,22-24,27,33,46-48H,4,17,20-21,25-26,28-29H2,1-3H3,(H,57,59)(H,60,61)/t33?,46-,47-,48?/m0/s1. The van der Waals surface area contributed by atoms with Crippen LogP contribution in [0, 0.1) is 13.8 Å². The lowest BCUT2D eigenvalue weighted by Crippen LogP contribution is -2.54. The van der Waals surface area contributed by atoms with Gasteiger partial charge in [0.15, 0.2) is 0 Å². The van der Waals surface area contributed by atoms with E-state index in [2.05, 4.69) is 51.4 Å². The number of aromatic nitrogens is 2. The summed E-state index contributed by atoms with van der Waals surface area (Å²) in [6.07, 6.45) is 6.14. The quantitative estimate of drug-likeness (QED) is 0.118. The van der Waals surface area contributed by atoms with Crippen molar-refractivity contribution in [2.24, 2.45) is 0 Å². The Morgan fingerprint density at radius 3 is 2.43 bits per heavy atom. The topological polar surface area (TPSA) is 114 Å². The molecule has 4 heterocycles. The molecular weight excluding hydrogens is 855 g/mol. The number of hydrogen-bond acceptors (Lipinski definition) is 7. The molecule has 63 heavy (non-hydrogen) atoms. The summed E-state index contributed by atoms with van der Waals surface area (Å²) in [6.45, 7) is 7.48. The molecule has 4 aromatic carbocycles. The summed E-state index contributed by atoms with van der Waals surface area (Å²) in [4.78, 5) is 38.1. The molecule has 0 radical (unpaired) electrons. The fourth-order valence-corrected chi connectivity index (χ4v) is 9.27. The predicted octanol–water partition coefficient (Wildman–Crippen LogP) is 11.1. The number of aryl methyl sites for hydroxylation is 1. The number of nitrogens with one attached hydrogen (secondary N) is 1. The van der Waals surface area contributed by atoms with Gasteiger partial charge >= 0.3 is 5.97 Å². The fourth-order valence-electron chi connectivity index (χ4n) is 8.71. The zero-order chi connectivity index (χ0) is 44.2. The molecular formula is C51H49Cl3N4O5. The van der Waals surface area contributed by atoms with Crippen LogP contribution in [-0.2, 0) is 41.9 Å². The summed E-state index contributed by atoms with van der Waals surface area (Å²) < 4.78 is 12.8. The molecule has 6 aromatic rings. The second kappa shape index (κ2) is 19.5. The average Bonchev–Trinajstić information content (AvgIpc) is 3.49. The largest absolute Gasteiger partial charge is 0.493 e. The first-order valence-electron chi connectivity index (χ1n) is 21.3. The van der Waals surface area contributed by atoms with Crippen LogP contribution in [0.3, 0.4) is 0 Å². The summed E-state index contributed by atoms with van der Waals surface area (Å²) in [5.74, 6) is 0.316. The Labute approximate surface area is 383 Å². The van der Waals surface area contributed by atoms with E-state index in [-0.39, 0.29) is 24.3 Å². The van der Waals surface area contributed by atoms with Gasteiger partial charge in [0, 0.05) is 42.6 Å². The monoisotopic (exact) mass is 902 g/mol. The van der Waals surface area contributed by atoms with Gasteiger partial charge in [-0.2, -0.15) is 0 Å². The van der Waals surface area contributed by atoms with Gasteiger partial charge in [-0.15, -0.1) is 0 Å². The lowest BCUT2D eigenvalue weighted by Gasteiger charge is -2.37. The maximum Gasteiger partial charge on any atom is 0.326 e. The second-order valence-corrected chi connectivity index (χ2v) is 17.7.